The standard InChI is InChI=1S/C13H18N4S/c1-7-6-8(2)17-11(9(7)10(14)18)15-12(16-17)13(3,4)5/h6H,1-5H3,(H2,14,18). The van der Waals surface area contributed by atoms with Gasteiger partial charge in [-0.2, -0.15) is 5.10 Å². The van der Waals surface area contributed by atoms with Crippen LogP contribution in [0.1, 0.15) is 43.4 Å². The van der Waals surface area contributed by atoms with Crippen LogP contribution in [0.3, 0.4) is 0 Å². The maximum absolute atomic E-state index is 5.80. The zero-order chi connectivity index (χ0) is 13.7. The Balaban J connectivity index is 2.86. The summed E-state index contributed by atoms with van der Waals surface area (Å²) in [6.45, 7) is 10.3. The molecule has 0 amide bonds. The highest BCUT2D eigenvalue weighted by molar-refractivity contribution is 7.80. The molecule has 0 saturated carbocycles. The number of aromatic nitrogens is 3. The van der Waals surface area contributed by atoms with Gasteiger partial charge >= 0.3 is 0 Å². The molecule has 2 rings (SSSR count). The lowest BCUT2D eigenvalue weighted by atomic mass is 9.96. The quantitative estimate of drug-likeness (QED) is 0.801. The van der Waals surface area contributed by atoms with Gasteiger partial charge in [-0.05, 0) is 25.5 Å². The Labute approximate surface area is 112 Å². The lowest BCUT2D eigenvalue weighted by molar-refractivity contribution is 0.544. The molecule has 2 aromatic heterocycles. The van der Waals surface area contributed by atoms with Crippen LogP contribution in [0.2, 0.25) is 0 Å². The molecule has 0 atom stereocenters. The lowest BCUT2D eigenvalue weighted by Gasteiger charge is -2.11. The van der Waals surface area contributed by atoms with Crippen LogP contribution in [-0.4, -0.2) is 19.6 Å². The molecule has 0 fully saturated rings. The minimum Gasteiger partial charge on any atom is -0.389 e. The molecule has 18 heavy (non-hydrogen) atoms. The summed E-state index contributed by atoms with van der Waals surface area (Å²) < 4.78 is 1.82. The van der Waals surface area contributed by atoms with Crippen LogP contribution in [0.25, 0.3) is 5.65 Å². The van der Waals surface area contributed by atoms with Crippen LogP contribution in [0.5, 0.6) is 0 Å². The first kappa shape index (κ1) is 13.0. The summed E-state index contributed by atoms with van der Waals surface area (Å²) >= 11 is 5.12. The third kappa shape index (κ3) is 1.99. The number of aryl methyl sites for hydroxylation is 2. The molecule has 0 aliphatic rings. The van der Waals surface area contributed by atoms with E-state index < -0.39 is 0 Å². The molecule has 5 heteroatoms. The summed E-state index contributed by atoms with van der Waals surface area (Å²) in [5.41, 5.74) is 9.35. The Bertz CT molecular complexity index is 634. The van der Waals surface area contributed by atoms with Gasteiger partial charge in [0, 0.05) is 11.1 Å². The van der Waals surface area contributed by atoms with Gasteiger partial charge < -0.3 is 5.73 Å². The highest BCUT2D eigenvalue weighted by Gasteiger charge is 2.22. The first-order valence-corrected chi connectivity index (χ1v) is 6.30. The summed E-state index contributed by atoms with van der Waals surface area (Å²) in [4.78, 5) is 4.98. The van der Waals surface area contributed by atoms with Gasteiger partial charge in [-0.3, -0.25) is 0 Å². The van der Waals surface area contributed by atoms with E-state index in [0.717, 1.165) is 28.3 Å². The summed E-state index contributed by atoms with van der Waals surface area (Å²) in [6.07, 6.45) is 0. The predicted molar refractivity (Wildman–Crippen MR) is 77.0 cm³/mol. The van der Waals surface area contributed by atoms with Gasteiger partial charge in [0.05, 0.1) is 5.56 Å². The topological polar surface area (TPSA) is 56.2 Å². The Morgan fingerprint density at radius 3 is 2.44 bits per heavy atom. The summed E-state index contributed by atoms with van der Waals surface area (Å²) in [5.74, 6) is 0.800. The van der Waals surface area contributed by atoms with Gasteiger partial charge in [0.15, 0.2) is 11.5 Å². The van der Waals surface area contributed by atoms with E-state index in [1.807, 2.05) is 24.4 Å². The third-order valence-electron chi connectivity index (χ3n) is 2.90. The fourth-order valence-corrected chi connectivity index (χ4v) is 2.22. The molecule has 0 aliphatic carbocycles. The number of nitrogens with two attached hydrogens (primary N) is 1. The van der Waals surface area contributed by atoms with Gasteiger partial charge in [0.2, 0.25) is 0 Å². The van der Waals surface area contributed by atoms with Crippen LogP contribution < -0.4 is 5.73 Å². The second-order valence-electron chi connectivity index (χ2n) is 5.63. The van der Waals surface area contributed by atoms with E-state index in [4.69, 9.17) is 18.0 Å². The van der Waals surface area contributed by atoms with Crippen LogP contribution in [-0.2, 0) is 5.41 Å². The Hall–Kier alpha value is -1.49. The molecule has 0 saturated heterocycles. The molecule has 4 nitrogen and oxygen atoms in total. The van der Waals surface area contributed by atoms with E-state index >= 15 is 0 Å². The van der Waals surface area contributed by atoms with Crippen LogP contribution in [0, 0.1) is 13.8 Å². The van der Waals surface area contributed by atoms with Crippen molar-refractivity contribution in [2.45, 2.75) is 40.0 Å². The molecule has 0 aromatic carbocycles. The van der Waals surface area contributed by atoms with E-state index in [9.17, 15) is 0 Å². The minimum atomic E-state index is -0.0974. The molecular weight excluding hydrogens is 244 g/mol. The molecule has 2 aromatic rings. The van der Waals surface area contributed by atoms with Crippen molar-refractivity contribution in [3.05, 3.63) is 28.7 Å². The number of pyridine rings is 1. The number of hydrogen-bond donors (Lipinski definition) is 1. The monoisotopic (exact) mass is 262 g/mol. The van der Waals surface area contributed by atoms with E-state index in [-0.39, 0.29) is 5.41 Å². The van der Waals surface area contributed by atoms with Crippen molar-refractivity contribution in [2.75, 3.05) is 0 Å². The summed E-state index contributed by atoms with van der Waals surface area (Å²) in [5, 5.41) is 4.56. The molecule has 2 N–H and O–H groups in total. The van der Waals surface area contributed by atoms with E-state index in [1.54, 1.807) is 0 Å². The first-order valence-electron chi connectivity index (χ1n) is 5.89. The van der Waals surface area contributed by atoms with E-state index in [1.165, 1.54) is 0 Å². The second-order valence-corrected chi connectivity index (χ2v) is 6.07. The van der Waals surface area contributed by atoms with Crippen molar-refractivity contribution in [2.24, 2.45) is 5.73 Å². The third-order valence-corrected chi connectivity index (χ3v) is 3.11. The average molecular weight is 262 g/mol. The fourth-order valence-electron chi connectivity index (χ4n) is 1.97. The summed E-state index contributed by atoms with van der Waals surface area (Å²) in [6, 6.07) is 2.03. The number of rotatable bonds is 1. The average Bonchev–Trinajstić information content (AvgIpc) is 2.60. The predicted octanol–water partition coefficient (Wildman–Crippen LogP) is 2.28. The van der Waals surface area contributed by atoms with E-state index in [0.29, 0.717) is 4.99 Å². The molecule has 96 valence electrons. The Kier molecular flexibility index (Phi) is 2.89. The Morgan fingerprint density at radius 1 is 1.33 bits per heavy atom. The van der Waals surface area contributed by atoms with Crippen LogP contribution >= 0.6 is 12.2 Å². The van der Waals surface area contributed by atoms with Gasteiger partial charge in [-0.25, -0.2) is 9.50 Å². The number of hydrogen-bond acceptors (Lipinski definition) is 3. The van der Waals surface area contributed by atoms with Crippen molar-refractivity contribution < 1.29 is 0 Å². The van der Waals surface area contributed by atoms with E-state index in [2.05, 4.69) is 30.9 Å². The lowest BCUT2D eigenvalue weighted by Crippen LogP contribution is -2.14. The minimum absolute atomic E-state index is 0.0974. The highest BCUT2D eigenvalue weighted by Crippen LogP contribution is 2.23. The molecule has 0 bridgehead atoms. The molecule has 0 unspecified atom stereocenters. The van der Waals surface area contributed by atoms with Gasteiger partial charge in [0.25, 0.3) is 0 Å². The maximum Gasteiger partial charge on any atom is 0.166 e. The molecular formula is C13H18N4S. The zero-order valence-corrected chi connectivity index (χ0v) is 12.2. The van der Waals surface area contributed by atoms with Crippen molar-refractivity contribution >= 4 is 22.9 Å². The van der Waals surface area contributed by atoms with Crippen molar-refractivity contribution in [3.63, 3.8) is 0 Å². The van der Waals surface area contributed by atoms with Gasteiger partial charge in [0.1, 0.15) is 4.99 Å². The van der Waals surface area contributed by atoms with Crippen LogP contribution in [0.4, 0.5) is 0 Å². The Morgan fingerprint density at radius 2 is 1.94 bits per heavy atom. The molecule has 0 radical (unpaired) electrons. The largest absolute Gasteiger partial charge is 0.389 e. The van der Waals surface area contributed by atoms with Crippen molar-refractivity contribution in [3.8, 4) is 0 Å². The smallest absolute Gasteiger partial charge is 0.166 e. The molecule has 2 heterocycles. The molecule has 0 aliphatic heterocycles. The second kappa shape index (κ2) is 4.02. The number of nitrogens with zero attached hydrogens (tertiary/aromatic N) is 3. The van der Waals surface area contributed by atoms with Gasteiger partial charge in [-0.15, -0.1) is 0 Å². The van der Waals surface area contributed by atoms with Crippen molar-refractivity contribution in [1.82, 2.24) is 14.6 Å². The maximum atomic E-state index is 5.80. The van der Waals surface area contributed by atoms with Crippen LogP contribution in [0.15, 0.2) is 6.07 Å². The fraction of sp³-hybridized carbons (Fsp3) is 0.462. The SMILES string of the molecule is Cc1cc(C)n2nc(C(C)(C)C)nc2c1C(N)=S. The van der Waals surface area contributed by atoms with Crippen molar-refractivity contribution in [1.29, 1.82) is 0 Å². The summed E-state index contributed by atoms with van der Waals surface area (Å²) in [7, 11) is 0. The highest BCUT2D eigenvalue weighted by atomic mass is 32.1. The number of fused-ring (bicyclic) bond motifs is 1. The first-order chi connectivity index (χ1) is 8.21. The number of thiocarbonyl (C=S) groups is 1. The van der Waals surface area contributed by atoms with Gasteiger partial charge in [-0.1, -0.05) is 33.0 Å². The normalized spacial score (nSPS) is 12.1. The zero-order valence-electron chi connectivity index (χ0n) is 11.4. The molecule has 0 spiro atoms.